The Hall–Kier alpha value is -3.65. The molecule has 1 spiro atoms. The summed E-state index contributed by atoms with van der Waals surface area (Å²) < 4.78 is 65.0. The Morgan fingerprint density at radius 2 is 1.77 bits per heavy atom. The number of likely N-dealkylation sites (tertiary alicyclic amines) is 1. The summed E-state index contributed by atoms with van der Waals surface area (Å²) in [7, 11) is 0. The first kappa shape index (κ1) is 29.4. The molecule has 4 heterocycles. The molecule has 6 rings (SSSR count). The van der Waals surface area contributed by atoms with Gasteiger partial charge in [0.15, 0.2) is 0 Å². The number of benzene rings is 2. The van der Waals surface area contributed by atoms with E-state index in [0.29, 0.717) is 38.0 Å². The molecular weight excluding hydrogens is 586 g/mol. The van der Waals surface area contributed by atoms with Crippen LogP contribution in [0.5, 0.6) is 0 Å². The van der Waals surface area contributed by atoms with Crippen molar-refractivity contribution in [2.75, 3.05) is 13.1 Å². The normalized spacial score (nSPS) is 17.3. The lowest BCUT2D eigenvalue weighted by Crippen LogP contribution is -2.49. The average Bonchev–Trinajstić information content (AvgIpc) is 3.63. The van der Waals surface area contributed by atoms with Gasteiger partial charge in [-0.1, -0.05) is 36.4 Å². The molecule has 0 amide bonds. The summed E-state index contributed by atoms with van der Waals surface area (Å²) in [6.45, 7) is 0.682. The number of nitrogens with zero attached hydrogens (tertiary/aromatic N) is 4. The zero-order valence-corrected chi connectivity index (χ0v) is 23.8. The highest BCUT2D eigenvalue weighted by atomic mass is 32.1. The SMILES string of the molecule is NC(Cn1c(=O)c2c(n(Cc3c(F)cccc3C(F)(F)F)c1=O)COC21CCN(Cc2cscn2)CC1)c1ccccc1. The van der Waals surface area contributed by atoms with Crippen molar-refractivity contribution < 1.29 is 22.3 Å². The maximum atomic E-state index is 15.0. The van der Waals surface area contributed by atoms with Gasteiger partial charge in [0.05, 0.1) is 47.7 Å². The van der Waals surface area contributed by atoms with Crippen molar-refractivity contribution in [1.29, 1.82) is 0 Å². The van der Waals surface area contributed by atoms with Crippen molar-refractivity contribution in [2.24, 2.45) is 5.73 Å². The second kappa shape index (κ2) is 11.5. The van der Waals surface area contributed by atoms with Gasteiger partial charge in [0.25, 0.3) is 5.56 Å². The summed E-state index contributed by atoms with van der Waals surface area (Å²) in [4.78, 5) is 34.5. The lowest BCUT2D eigenvalue weighted by molar-refractivity contribution is -0.138. The number of hydrogen-bond acceptors (Lipinski definition) is 7. The van der Waals surface area contributed by atoms with Crippen LogP contribution in [0, 0.1) is 5.82 Å². The molecule has 1 unspecified atom stereocenters. The number of halogens is 4. The van der Waals surface area contributed by atoms with Crippen molar-refractivity contribution >= 4 is 11.3 Å². The molecule has 0 radical (unpaired) electrons. The zero-order valence-electron chi connectivity index (χ0n) is 23.0. The molecule has 2 aromatic heterocycles. The van der Waals surface area contributed by atoms with Crippen molar-refractivity contribution in [1.82, 2.24) is 19.0 Å². The van der Waals surface area contributed by atoms with Crippen LogP contribution >= 0.6 is 11.3 Å². The Morgan fingerprint density at radius 1 is 1.02 bits per heavy atom. The fourth-order valence-electron chi connectivity index (χ4n) is 6.11. The van der Waals surface area contributed by atoms with Crippen LogP contribution in [0.25, 0.3) is 0 Å². The van der Waals surface area contributed by atoms with E-state index < -0.39 is 52.6 Å². The first-order valence-electron chi connectivity index (χ1n) is 13.8. The molecule has 13 heteroatoms. The van der Waals surface area contributed by atoms with Crippen LogP contribution in [0.3, 0.4) is 0 Å². The molecule has 2 aliphatic heterocycles. The Bertz CT molecular complexity index is 1730. The first-order chi connectivity index (χ1) is 20.6. The van der Waals surface area contributed by atoms with Gasteiger partial charge in [0.2, 0.25) is 0 Å². The van der Waals surface area contributed by atoms with E-state index in [1.54, 1.807) is 35.8 Å². The molecule has 2 aliphatic rings. The van der Waals surface area contributed by atoms with E-state index >= 15 is 0 Å². The van der Waals surface area contributed by atoms with Gasteiger partial charge in [-0.2, -0.15) is 13.2 Å². The Balaban J connectivity index is 1.44. The molecule has 2 N–H and O–H groups in total. The van der Waals surface area contributed by atoms with Crippen molar-refractivity contribution in [2.45, 2.75) is 56.9 Å². The van der Waals surface area contributed by atoms with Gasteiger partial charge in [0.1, 0.15) is 11.4 Å². The van der Waals surface area contributed by atoms with Crippen LogP contribution in [0.1, 0.15) is 52.5 Å². The number of thiazole rings is 1. The third-order valence-electron chi connectivity index (χ3n) is 8.36. The maximum absolute atomic E-state index is 15.0. The van der Waals surface area contributed by atoms with E-state index in [1.165, 1.54) is 11.3 Å². The van der Waals surface area contributed by atoms with Crippen LogP contribution in [0.15, 0.2) is 69.0 Å². The van der Waals surface area contributed by atoms with E-state index in [2.05, 4.69) is 9.88 Å². The average molecular weight is 616 g/mol. The standard InChI is InChI=1S/C30H29F4N5O3S/c31-23-8-4-7-22(30(32,33)34)21(23)14-38-25-16-42-29(9-11-37(12-10-29)13-20-17-43-18-36-20)26(25)27(40)39(28(38)41)15-24(35)19-5-2-1-3-6-19/h1-8,17-18,24H,9-16,35H2. The molecule has 226 valence electrons. The summed E-state index contributed by atoms with van der Waals surface area (Å²) in [6.07, 6.45) is -4.00. The highest BCUT2D eigenvalue weighted by Crippen LogP contribution is 2.43. The molecule has 0 aliphatic carbocycles. The monoisotopic (exact) mass is 615 g/mol. The minimum Gasteiger partial charge on any atom is -0.364 e. The Kier molecular flexibility index (Phi) is 7.84. The van der Waals surface area contributed by atoms with E-state index in [-0.39, 0.29) is 24.4 Å². The second-order valence-corrected chi connectivity index (χ2v) is 11.6. The summed E-state index contributed by atoms with van der Waals surface area (Å²) >= 11 is 1.51. The van der Waals surface area contributed by atoms with Crippen molar-refractivity contribution in [3.05, 3.63) is 120 Å². The van der Waals surface area contributed by atoms with E-state index in [1.807, 2.05) is 5.38 Å². The van der Waals surface area contributed by atoms with Gasteiger partial charge >= 0.3 is 11.9 Å². The van der Waals surface area contributed by atoms with Gasteiger partial charge in [-0.15, -0.1) is 11.3 Å². The van der Waals surface area contributed by atoms with Crippen LogP contribution < -0.4 is 17.0 Å². The largest absolute Gasteiger partial charge is 0.416 e. The van der Waals surface area contributed by atoms with Gasteiger partial charge in [-0.25, -0.2) is 14.2 Å². The predicted molar refractivity (Wildman–Crippen MR) is 152 cm³/mol. The quantitative estimate of drug-likeness (QED) is 0.310. The Labute approximate surface area is 248 Å². The van der Waals surface area contributed by atoms with Gasteiger partial charge in [-0.3, -0.25) is 18.8 Å². The summed E-state index contributed by atoms with van der Waals surface area (Å²) in [5, 5.41) is 1.97. The summed E-state index contributed by atoms with van der Waals surface area (Å²) in [5.41, 5.74) is 5.82. The fourth-order valence-corrected chi connectivity index (χ4v) is 6.66. The van der Waals surface area contributed by atoms with Gasteiger partial charge in [-0.05, 0) is 30.5 Å². The molecule has 43 heavy (non-hydrogen) atoms. The number of hydrogen-bond donors (Lipinski definition) is 1. The molecule has 2 aromatic carbocycles. The zero-order chi connectivity index (χ0) is 30.4. The molecule has 1 saturated heterocycles. The lowest BCUT2D eigenvalue weighted by Gasteiger charge is -2.38. The van der Waals surface area contributed by atoms with Crippen molar-refractivity contribution in [3.63, 3.8) is 0 Å². The van der Waals surface area contributed by atoms with Crippen molar-refractivity contribution in [3.8, 4) is 0 Å². The first-order valence-corrected chi connectivity index (χ1v) is 14.8. The topological polar surface area (TPSA) is 95.4 Å². The molecule has 8 nitrogen and oxygen atoms in total. The minimum absolute atomic E-state index is 0.159. The fraction of sp³-hybridized carbons (Fsp3) is 0.367. The van der Waals surface area contributed by atoms with Gasteiger partial charge in [0, 0.05) is 36.6 Å². The van der Waals surface area contributed by atoms with Gasteiger partial charge < -0.3 is 10.5 Å². The number of rotatable bonds is 7. The highest BCUT2D eigenvalue weighted by Gasteiger charge is 2.47. The highest BCUT2D eigenvalue weighted by molar-refractivity contribution is 7.07. The number of aromatic nitrogens is 3. The van der Waals surface area contributed by atoms with Crippen LogP contribution in [0.4, 0.5) is 17.6 Å². The van der Waals surface area contributed by atoms with Crippen LogP contribution in [-0.4, -0.2) is 32.1 Å². The van der Waals surface area contributed by atoms with E-state index in [4.69, 9.17) is 10.5 Å². The predicted octanol–water partition coefficient (Wildman–Crippen LogP) is 4.39. The third kappa shape index (κ3) is 5.57. The smallest absolute Gasteiger partial charge is 0.364 e. The minimum atomic E-state index is -4.85. The van der Waals surface area contributed by atoms with E-state index in [0.717, 1.165) is 33.0 Å². The summed E-state index contributed by atoms with van der Waals surface area (Å²) in [6, 6.07) is 10.8. The molecule has 1 atom stereocenters. The van der Waals surface area contributed by atoms with Crippen LogP contribution in [0.2, 0.25) is 0 Å². The van der Waals surface area contributed by atoms with Crippen LogP contribution in [-0.2, 0) is 42.8 Å². The molecule has 0 saturated carbocycles. The molecule has 0 bridgehead atoms. The second-order valence-electron chi connectivity index (χ2n) is 10.9. The van der Waals surface area contributed by atoms with E-state index in [9.17, 15) is 27.2 Å². The number of fused-ring (bicyclic) bond motifs is 2. The Morgan fingerprint density at radius 3 is 2.44 bits per heavy atom. The number of ether oxygens (including phenoxy) is 1. The third-order valence-corrected chi connectivity index (χ3v) is 8.99. The number of alkyl halides is 3. The number of piperidine rings is 1. The summed E-state index contributed by atoms with van der Waals surface area (Å²) in [5.74, 6) is -1.10. The lowest BCUT2D eigenvalue weighted by atomic mass is 9.85. The molecule has 4 aromatic rings. The molecule has 1 fully saturated rings. The maximum Gasteiger partial charge on any atom is 0.416 e. The number of nitrogens with two attached hydrogens (primary N) is 1. The molecular formula is C30H29F4N5O3S.